The van der Waals surface area contributed by atoms with Gasteiger partial charge in [0.2, 0.25) is 15.9 Å². The second kappa shape index (κ2) is 6.06. The average Bonchev–Trinajstić information content (AvgIpc) is 2.26. The van der Waals surface area contributed by atoms with Crippen molar-refractivity contribution in [2.75, 3.05) is 18.8 Å². The van der Waals surface area contributed by atoms with E-state index in [1.807, 2.05) is 0 Å². The van der Waals surface area contributed by atoms with Crippen LogP contribution >= 0.6 is 0 Å². The zero-order chi connectivity index (χ0) is 14.7. The van der Waals surface area contributed by atoms with Crippen molar-refractivity contribution >= 4 is 15.9 Å². The highest BCUT2D eigenvalue weighted by Crippen LogP contribution is 2.31. The van der Waals surface area contributed by atoms with Gasteiger partial charge >= 0.3 is 6.18 Å². The number of hydrogen-bond donors (Lipinski definition) is 3. The molecule has 1 rings (SSSR count). The summed E-state index contributed by atoms with van der Waals surface area (Å²) in [6.07, 6.45) is -4.32. The Balaban J connectivity index is 2.33. The van der Waals surface area contributed by atoms with Gasteiger partial charge in [-0.2, -0.15) is 13.2 Å². The summed E-state index contributed by atoms with van der Waals surface area (Å²) in [5.41, 5.74) is 0. The van der Waals surface area contributed by atoms with Gasteiger partial charge in [0.25, 0.3) is 0 Å². The molecular weight excluding hydrogens is 287 g/mol. The lowest BCUT2D eigenvalue weighted by atomic mass is 9.94. The Hall–Kier alpha value is -0.870. The molecule has 19 heavy (non-hydrogen) atoms. The molecule has 0 aromatic carbocycles. The highest BCUT2D eigenvalue weighted by molar-refractivity contribution is 7.89. The molecule has 0 aromatic rings. The number of amides is 1. The molecule has 112 valence electrons. The van der Waals surface area contributed by atoms with Crippen molar-refractivity contribution in [3.05, 3.63) is 0 Å². The molecule has 0 aliphatic carbocycles. The lowest BCUT2D eigenvalue weighted by Gasteiger charge is -2.30. The first-order valence-corrected chi connectivity index (χ1v) is 7.39. The lowest BCUT2D eigenvalue weighted by Crippen LogP contribution is -2.51. The Morgan fingerprint density at radius 2 is 2.00 bits per heavy atom. The maximum Gasteiger partial charge on any atom is 0.393 e. The van der Waals surface area contributed by atoms with E-state index in [1.54, 1.807) is 0 Å². The number of piperidine rings is 1. The second-order valence-corrected chi connectivity index (χ2v) is 6.17. The minimum Gasteiger partial charge on any atom is -0.354 e. The van der Waals surface area contributed by atoms with E-state index in [2.05, 4.69) is 10.6 Å². The van der Waals surface area contributed by atoms with Gasteiger partial charge in [0.05, 0.1) is 17.7 Å². The minimum absolute atomic E-state index is 0.0609. The van der Waals surface area contributed by atoms with Crippen LogP contribution in [0.4, 0.5) is 13.2 Å². The third-order valence-corrected chi connectivity index (χ3v) is 3.65. The van der Waals surface area contributed by atoms with Gasteiger partial charge in [-0.3, -0.25) is 4.79 Å². The summed E-state index contributed by atoms with van der Waals surface area (Å²) in [6, 6.07) is -0.723. The van der Waals surface area contributed by atoms with Crippen LogP contribution in [0.15, 0.2) is 0 Å². The fraction of sp³-hybridized carbons (Fsp3) is 0.889. The van der Waals surface area contributed by atoms with E-state index < -0.39 is 39.8 Å². The third-order valence-electron chi connectivity index (χ3n) is 2.88. The van der Waals surface area contributed by atoms with Gasteiger partial charge in [0.1, 0.15) is 0 Å². The van der Waals surface area contributed by atoms with Crippen LogP contribution < -0.4 is 15.8 Å². The summed E-state index contributed by atoms with van der Waals surface area (Å²) in [5, 5.41) is 9.58. The Labute approximate surface area is 109 Å². The number of alkyl halides is 3. The van der Waals surface area contributed by atoms with Crippen LogP contribution in [0, 0.1) is 5.92 Å². The number of nitrogens with one attached hydrogen (secondary N) is 2. The fourth-order valence-electron chi connectivity index (χ4n) is 1.80. The molecule has 0 radical (unpaired) electrons. The summed E-state index contributed by atoms with van der Waals surface area (Å²) in [6.45, 7) is -0.463. The van der Waals surface area contributed by atoms with Gasteiger partial charge in [-0.05, 0) is 12.8 Å². The molecule has 0 spiro atoms. The zero-order valence-corrected chi connectivity index (χ0v) is 10.9. The Morgan fingerprint density at radius 3 is 2.42 bits per heavy atom. The van der Waals surface area contributed by atoms with E-state index >= 15 is 0 Å². The monoisotopic (exact) mass is 303 g/mol. The quantitative estimate of drug-likeness (QED) is 0.640. The van der Waals surface area contributed by atoms with Gasteiger partial charge in [-0.15, -0.1) is 0 Å². The van der Waals surface area contributed by atoms with Crippen LogP contribution in [0.1, 0.15) is 12.8 Å². The number of carbonyl (C=O) groups is 1. The molecule has 1 amide bonds. The Morgan fingerprint density at radius 1 is 1.37 bits per heavy atom. The summed E-state index contributed by atoms with van der Waals surface area (Å²) in [5.74, 6) is -2.36. The van der Waals surface area contributed by atoms with Crippen molar-refractivity contribution in [1.82, 2.24) is 10.6 Å². The predicted molar refractivity (Wildman–Crippen MR) is 61.6 cm³/mol. The molecular formula is C9H16F3N3O3S. The maximum absolute atomic E-state index is 12.4. The molecule has 1 aliphatic heterocycles. The van der Waals surface area contributed by atoms with Crippen molar-refractivity contribution in [3.8, 4) is 0 Å². The summed E-state index contributed by atoms with van der Waals surface area (Å²) >= 11 is 0. The highest BCUT2D eigenvalue weighted by atomic mass is 32.2. The number of rotatable bonds is 4. The van der Waals surface area contributed by atoms with Crippen LogP contribution in [-0.2, 0) is 14.8 Å². The second-order valence-electron chi connectivity index (χ2n) is 4.43. The van der Waals surface area contributed by atoms with Gasteiger partial charge in [0.15, 0.2) is 0 Å². The predicted octanol–water partition coefficient (Wildman–Crippen LogP) is -0.678. The number of halogens is 3. The summed E-state index contributed by atoms with van der Waals surface area (Å²) in [7, 11) is -3.66. The molecule has 2 atom stereocenters. The largest absolute Gasteiger partial charge is 0.393 e. The van der Waals surface area contributed by atoms with Crippen LogP contribution in [0.5, 0.6) is 0 Å². The zero-order valence-electron chi connectivity index (χ0n) is 10.0. The fourth-order valence-corrected chi connectivity index (χ4v) is 2.19. The molecule has 0 saturated carbocycles. The highest BCUT2D eigenvalue weighted by Gasteiger charge is 2.42. The number of sulfonamides is 1. The Kier molecular flexibility index (Phi) is 5.16. The minimum atomic E-state index is -4.26. The van der Waals surface area contributed by atoms with Crippen molar-refractivity contribution in [2.24, 2.45) is 11.1 Å². The number of nitrogens with two attached hydrogens (primary N) is 1. The molecule has 4 N–H and O–H groups in total. The Bertz CT molecular complexity index is 416. The normalized spacial score (nSPS) is 25.1. The summed E-state index contributed by atoms with van der Waals surface area (Å²) in [4.78, 5) is 11.5. The first-order valence-electron chi connectivity index (χ1n) is 5.68. The van der Waals surface area contributed by atoms with Gasteiger partial charge in [-0.1, -0.05) is 0 Å². The molecule has 1 fully saturated rings. The molecule has 0 bridgehead atoms. The number of carbonyl (C=O) groups excluding carboxylic acids is 1. The lowest BCUT2D eigenvalue weighted by molar-refractivity contribution is -0.180. The van der Waals surface area contributed by atoms with Crippen LogP contribution in [-0.4, -0.2) is 45.4 Å². The number of hydrogen-bond acceptors (Lipinski definition) is 4. The van der Waals surface area contributed by atoms with Crippen LogP contribution in [0.25, 0.3) is 0 Å². The molecule has 0 aromatic heterocycles. The van der Waals surface area contributed by atoms with E-state index in [0.717, 1.165) is 0 Å². The first-order chi connectivity index (χ1) is 8.59. The van der Waals surface area contributed by atoms with Crippen LogP contribution in [0.2, 0.25) is 0 Å². The van der Waals surface area contributed by atoms with Crippen molar-refractivity contribution in [2.45, 2.75) is 25.1 Å². The standard InChI is InChI=1S/C9H16F3N3O3S/c10-9(11,12)6-1-2-7(15-5-6)8(16)14-3-4-19(13,17)18/h6-7,15H,1-5H2,(H,14,16)(H2,13,17,18). The molecule has 2 unspecified atom stereocenters. The molecule has 1 heterocycles. The van der Waals surface area contributed by atoms with Crippen molar-refractivity contribution < 1.29 is 26.4 Å². The van der Waals surface area contributed by atoms with Crippen LogP contribution in [0.3, 0.4) is 0 Å². The third kappa shape index (κ3) is 5.74. The van der Waals surface area contributed by atoms with Crippen molar-refractivity contribution in [1.29, 1.82) is 0 Å². The SMILES string of the molecule is NS(=O)(=O)CCNC(=O)C1CCC(C(F)(F)F)CN1. The van der Waals surface area contributed by atoms with Gasteiger partial charge in [-0.25, -0.2) is 13.6 Å². The average molecular weight is 303 g/mol. The van der Waals surface area contributed by atoms with Crippen molar-refractivity contribution in [3.63, 3.8) is 0 Å². The number of primary sulfonamides is 1. The van der Waals surface area contributed by atoms with Gasteiger partial charge in [0, 0.05) is 13.1 Å². The van der Waals surface area contributed by atoms with E-state index in [1.165, 1.54) is 0 Å². The van der Waals surface area contributed by atoms with E-state index in [-0.39, 0.29) is 25.9 Å². The molecule has 1 saturated heterocycles. The first kappa shape index (κ1) is 16.2. The molecule has 6 nitrogen and oxygen atoms in total. The smallest absolute Gasteiger partial charge is 0.354 e. The topological polar surface area (TPSA) is 101 Å². The van der Waals surface area contributed by atoms with E-state index in [0.29, 0.717) is 0 Å². The van der Waals surface area contributed by atoms with Gasteiger partial charge < -0.3 is 10.6 Å². The maximum atomic E-state index is 12.4. The summed E-state index contributed by atoms with van der Waals surface area (Å²) < 4.78 is 58.4. The molecule has 1 aliphatic rings. The molecule has 10 heteroatoms. The van der Waals surface area contributed by atoms with E-state index in [4.69, 9.17) is 5.14 Å². The van der Waals surface area contributed by atoms with E-state index in [9.17, 15) is 26.4 Å².